The minimum Gasteiger partial charge on any atom is -0.298 e. The van der Waals surface area contributed by atoms with Crippen molar-refractivity contribution >= 4 is 12.1 Å². The summed E-state index contributed by atoms with van der Waals surface area (Å²) in [6, 6.07) is 14.2. The van der Waals surface area contributed by atoms with Crippen molar-refractivity contribution in [2.24, 2.45) is 0 Å². The Kier molecular flexibility index (Phi) is 3.15. The van der Waals surface area contributed by atoms with E-state index in [2.05, 4.69) is 0 Å². The fourth-order valence-electron chi connectivity index (χ4n) is 1.71. The van der Waals surface area contributed by atoms with E-state index in [1.54, 1.807) is 30.3 Å². The third-order valence-corrected chi connectivity index (χ3v) is 2.69. The van der Waals surface area contributed by atoms with E-state index in [0.717, 1.165) is 11.8 Å². The van der Waals surface area contributed by atoms with Gasteiger partial charge in [0.25, 0.3) is 0 Å². The van der Waals surface area contributed by atoms with Gasteiger partial charge < -0.3 is 0 Å². The zero-order chi connectivity index (χ0) is 12.3. The second-order valence-corrected chi connectivity index (χ2v) is 3.88. The van der Waals surface area contributed by atoms with Crippen LogP contribution in [0.2, 0.25) is 0 Å². The molecule has 0 saturated heterocycles. The lowest BCUT2D eigenvalue weighted by atomic mass is 9.99. The Bertz CT molecular complexity index is 556. The molecule has 0 N–H and O–H groups in total. The minimum absolute atomic E-state index is 0.0221. The molecule has 0 unspecified atom stereocenters. The van der Waals surface area contributed by atoms with E-state index in [4.69, 9.17) is 0 Å². The van der Waals surface area contributed by atoms with Crippen molar-refractivity contribution < 1.29 is 9.59 Å². The van der Waals surface area contributed by atoms with Gasteiger partial charge in [0.1, 0.15) is 6.29 Å². The normalized spacial score (nSPS) is 9.94. The highest BCUT2D eigenvalue weighted by molar-refractivity contribution is 6.09. The maximum Gasteiger partial charge on any atom is 0.193 e. The molecule has 2 aromatic rings. The van der Waals surface area contributed by atoms with Gasteiger partial charge in [-0.05, 0) is 18.6 Å². The molecule has 0 aliphatic carbocycles. The third kappa shape index (κ3) is 2.31. The first kappa shape index (κ1) is 11.3. The van der Waals surface area contributed by atoms with Gasteiger partial charge in [0.2, 0.25) is 0 Å². The van der Waals surface area contributed by atoms with Crippen LogP contribution in [0, 0.1) is 6.92 Å². The molecule has 0 atom stereocenters. The van der Waals surface area contributed by atoms with Crippen LogP contribution in [0.15, 0.2) is 48.5 Å². The van der Waals surface area contributed by atoms with E-state index in [0.29, 0.717) is 16.7 Å². The Morgan fingerprint density at radius 2 is 1.71 bits per heavy atom. The number of hydrogen-bond acceptors (Lipinski definition) is 2. The Balaban J connectivity index is 2.39. The highest BCUT2D eigenvalue weighted by atomic mass is 16.1. The van der Waals surface area contributed by atoms with E-state index in [1.165, 1.54) is 0 Å². The summed E-state index contributed by atoms with van der Waals surface area (Å²) >= 11 is 0. The number of ketones is 1. The number of benzene rings is 2. The fourth-order valence-corrected chi connectivity index (χ4v) is 1.71. The van der Waals surface area contributed by atoms with E-state index in [1.807, 2.05) is 25.1 Å². The van der Waals surface area contributed by atoms with Crippen LogP contribution in [0.4, 0.5) is 0 Å². The Hall–Kier alpha value is -2.22. The van der Waals surface area contributed by atoms with Crippen LogP contribution in [-0.2, 0) is 0 Å². The van der Waals surface area contributed by atoms with E-state index >= 15 is 0 Å². The molecule has 2 heteroatoms. The van der Waals surface area contributed by atoms with Crippen LogP contribution < -0.4 is 0 Å². The molecule has 0 amide bonds. The second-order valence-electron chi connectivity index (χ2n) is 3.88. The van der Waals surface area contributed by atoms with Crippen molar-refractivity contribution in [1.82, 2.24) is 0 Å². The van der Waals surface area contributed by atoms with Crippen molar-refractivity contribution in [2.75, 3.05) is 0 Å². The summed E-state index contributed by atoms with van der Waals surface area (Å²) in [6.45, 7) is 1.82. The highest BCUT2D eigenvalue weighted by Crippen LogP contribution is 2.13. The summed E-state index contributed by atoms with van der Waals surface area (Å²) < 4.78 is 0. The molecule has 17 heavy (non-hydrogen) atoms. The molecular formula is C15H12O2. The van der Waals surface area contributed by atoms with Gasteiger partial charge in [-0.1, -0.05) is 42.5 Å². The fraction of sp³-hybridized carbons (Fsp3) is 0.0667. The molecule has 0 aliphatic heterocycles. The van der Waals surface area contributed by atoms with Crippen molar-refractivity contribution in [2.45, 2.75) is 6.92 Å². The number of aldehydes is 1. The molecular weight excluding hydrogens is 212 g/mol. The molecule has 0 spiro atoms. The summed E-state index contributed by atoms with van der Waals surface area (Å²) in [6.07, 6.45) is 0.798. The SMILES string of the molecule is Cc1cc(C(=O)c2ccccc2)ccc1C=O. The molecule has 0 heterocycles. The van der Waals surface area contributed by atoms with Crippen molar-refractivity contribution in [3.63, 3.8) is 0 Å². The molecule has 0 saturated carbocycles. The minimum atomic E-state index is -0.0221. The quantitative estimate of drug-likeness (QED) is 0.593. The van der Waals surface area contributed by atoms with Gasteiger partial charge >= 0.3 is 0 Å². The van der Waals surface area contributed by atoms with Crippen molar-refractivity contribution in [3.05, 3.63) is 70.8 Å². The second kappa shape index (κ2) is 4.74. The van der Waals surface area contributed by atoms with Gasteiger partial charge in [-0.25, -0.2) is 0 Å². The van der Waals surface area contributed by atoms with Crippen LogP contribution in [-0.4, -0.2) is 12.1 Å². The molecule has 0 aliphatic rings. The van der Waals surface area contributed by atoms with Crippen LogP contribution in [0.5, 0.6) is 0 Å². The Morgan fingerprint density at radius 3 is 2.29 bits per heavy atom. The van der Waals surface area contributed by atoms with Gasteiger partial charge in [-0.2, -0.15) is 0 Å². The van der Waals surface area contributed by atoms with Crippen LogP contribution in [0.25, 0.3) is 0 Å². The van der Waals surface area contributed by atoms with Crippen LogP contribution in [0.1, 0.15) is 31.8 Å². The maximum atomic E-state index is 12.1. The van der Waals surface area contributed by atoms with Crippen LogP contribution >= 0.6 is 0 Å². The Labute approximate surface area is 99.9 Å². The molecule has 2 nitrogen and oxygen atoms in total. The zero-order valence-corrected chi connectivity index (χ0v) is 9.51. The topological polar surface area (TPSA) is 34.1 Å². The van der Waals surface area contributed by atoms with E-state index in [-0.39, 0.29) is 5.78 Å². The van der Waals surface area contributed by atoms with Gasteiger partial charge in [-0.15, -0.1) is 0 Å². The van der Waals surface area contributed by atoms with Crippen molar-refractivity contribution in [3.8, 4) is 0 Å². The van der Waals surface area contributed by atoms with Gasteiger partial charge in [0.15, 0.2) is 5.78 Å². The predicted molar refractivity (Wildman–Crippen MR) is 66.4 cm³/mol. The molecule has 84 valence electrons. The summed E-state index contributed by atoms with van der Waals surface area (Å²) in [5.41, 5.74) is 2.71. The average molecular weight is 224 g/mol. The number of rotatable bonds is 3. The van der Waals surface area contributed by atoms with Crippen molar-refractivity contribution in [1.29, 1.82) is 0 Å². The monoisotopic (exact) mass is 224 g/mol. The number of aryl methyl sites for hydroxylation is 1. The molecule has 0 aromatic heterocycles. The lowest BCUT2D eigenvalue weighted by molar-refractivity contribution is 0.103. The molecule has 2 aromatic carbocycles. The zero-order valence-electron chi connectivity index (χ0n) is 9.51. The first-order valence-electron chi connectivity index (χ1n) is 5.38. The molecule has 0 radical (unpaired) electrons. The molecule has 0 bridgehead atoms. The number of carbonyl (C=O) groups is 2. The summed E-state index contributed by atoms with van der Waals surface area (Å²) in [4.78, 5) is 22.8. The standard InChI is InChI=1S/C15H12O2/c1-11-9-13(7-8-14(11)10-16)15(17)12-5-3-2-4-6-12/h2-10H,1H3. The van der Waals surface area contributed by atoms with E-state index in [9.17, 15) is 9.59 Å². The maximum absolute atomic E-state index is 12.1. The highest BCUT2D eigenvalue weighted by Gasteiger charge is 2.09. The van der Waals surface area contributed by atoms with Gasteiger partial charge in [-0.3, -0.25) is 9.59 Å². The lowest BCUT2D eigenvalue weighted by Crippen LogP contribution is -2.02. The number of hydrogen-bond donors (Lipinski definition) is 0. The third-order valence-electron chi connectivity index (χ3n) is 2.69. The average Bonchev–Trinajstić information content (AvgIpc) is 2.39. The van der Waals surface area contributed by atoms with Gasteiger partial charge in [0.05, 0.1) is 0 Å². The van der Waals surface area contributed by atoms with Crippen LogP contribution in [0.3, 0.4) is 0 Å². The Morgan fingerprint density at radius 1 is 1.00 bits per heavy atom. The summed E-state index contributed by atoms with van der Waals surface area (Å²) in [5, 5.41) is 0. The molecule has 2 rings (SSSR count). The van der Waals surface area contributed by atoms with E-state index < -0.39 is 0 Å². The number of carbonyl (C=O) groups excluding carboxylic acids is 2. The summed E-state index contributed by atoms with van der Waals surface area (Å²) in [7, 11) is 0. The lowest BCUT2D eigenvalue weighted by Gasteiger charge is -2.04. The first-order chi connectivity index (χ1) is 8.22. The first-order valence-corrected chi connectivity index (χ1v) is 5.38. The molecule has 0 fully saturated rings. The largest absolute Gasteiger partial charge is 0.298 e. The van der Waals surface area contributed by atoms with Gasteiger partial charge in [0, 0.05) is 16.7 Å². The summed E-state index contributed by atoms with van der Waals surface area (Å²) in [5.74, 6) is -0.0221. The predicted octanol–water partition coefficient (Wildman–Crippen LogP) is 3.04. The smallest absolute Gasteiger partial charge is 0.193 e.